The fourth-order valence-electron chi connectivity index (χ4n) is 3.09. The van der Waals surface area contributed by atoms with Gasteiger partial charge in [0.15, 0.2) is 0 Å². The van der Waals surface area contributed by atoms with Gasteiger partial charge in [0.2, 0.25) is 5.88 Å². The van der Waals surface area contributed by atoms with Crippen LogP contribution in [0.15, 0.2) is 68.8 Å². The van der Waals surface area contributed by atoms with E-state index in [0.717, 1.165) is 15.7 Å². The molecule has 1 aromatic carbocycles. The molecule has 9 heteroatoms. The van der Waals surface area contributed by atoms with E-state index in [0.29, 0.717) is 22.2 Å². The molecule has 0 saturated carbocycles. The molecule has 0 unspecified atom stereocenters. The third-order valence-corrected chi connectivity index (χ3v) is 5.77. The number of H-pyrrole nitrogens is 1. The summed E-state index contributed by atoms with van der Waals surface area (Å²) in [6, 6.07) is 12.6. The number of nitrogens with one attached hydrogen (secondary N) is 1. The molecule has 3 aromatic rings. The number of fused-ring (bicyclic) bond motifs is 1. The zero-order valence-corrected chi connectivity index (χ0v) is 17.5. The number of hydrogen-bond acceptors (Lipinski definition) is 7. The lowest BCUT2D eigenvalue weighted by molar-refractivity contribution is -0.140. The number of thioether (sulfide) groups is 1. The number of rotatable bonds is 6. The fourth-order valence-corrected chi connectivity index (χ4v) is 4.06. The number of nitrogens with zero attached hydrogens (tertiary/aromatic N) is 2. The lowest BCUT2D eigenvalue weighted by atomic mass is 10.2. The first-order chi connectivity index (χ1) is 15.0. The smallest absolute Gasteiger partial charge is 0.335 e. The molecule has 8 nitrogen and oxygen atoms in total. The lowest BCUT2D eigenvalue weighted by Crippen LogP contribution is -2.38. The van der Waals surface area contributed by atoms with E-state index in [1.165, 1.54) is 24.9 Å². The zero-order valence-electron chi connectivity index (χ0n) is 16.7. The average molecular weight is 437 g/mol. The van der Waals surface area contributed by atoms with Crippen molar-refractivity contribution in [3.05, 3.63) is 91.8 Å². The first-order valence-electron chi connectivity index (χ1n) is 9.45. The summed E-state index contributed by atoms with van der Waals surface area (Å²) in [4.78, 5) is 44.7. The van der Waals surface area contributed by atoms with Crippen molar-refractivity contribution < 1.29 is 14.3 Å². The number of carbonyl (C=O) groups is 1. The standard InChI is InChI=1S/C22H19N3O5S/c1-29-18-9-15(7-8-23-18)12-30-21(27)16-10-17-19(31-13-16)24-22(28)25(20(17)26)11-14-5-3-2-4-6-14/h2-10H,11-13H2,1H3,(H,24,28). The van der Waals surface area contributed by atoms with Gasteiger partial charge in [-0.3, -0.25) is 9.36 Å². The second-order valence-corrected chi connectivity index (χ2v) is 7.78. The molecule has 0 amide bonds. The van der Waals surface area contributed by atoms with E-state index in [2.05, 4.69) is 9.97 Å². The first-order valence-corrected chi connectivity index (χ1v) is 10.4. The van der Waals surface area contributed by atoms with Gasteiger partial charge in [-0.05, 0) is 23.3 Å². The molecule has 31 heavy (non-hydrogen) atoms. The van der Waals surface area contributed by atoms with Gasteiger partial charge in [0, 0.05) is 23.6 Å². The summed E-state index contributed by atoms with van der Waals surface area (Å²) < 4.78 is 11.6. The number of benzene rings is 1. The number of carbonyl (C=O) groups excluding carboxylic acids is 1. The number of hydrogen-bond donors (Lipinski definition) is 1. The maximum absolute atomic E-state index is 13.0. The summed E-state index contributed by atoms with van der Waals surface area (Å²) in [7, 11) is 1.51. The molecular weight excluding hydrogens is 418 g/mol. The maximum Gasteiger partial charge on any atom is 0.335 e. The molecule has 0 spiro atoms. The van der Waals surface area contributed by atoms with Crippen LogP contribution in [0.5, 0.6) is 5.88 Å². The third kappa shape index (κ3) is 4.61. The Morgan fingerprint density at radius 1 is 1.19 bits per heavy atom. The van der Waals surface area contributed by atoms with Crippen LogP contribution in [0.2, 0.25) is 0 Å². The molecule has 1 aliphatic heterocycles. The van der Waals surface area contributed by atoms with Gasteiger partial charge >= 0.3 is 11.7 Å². The minimum Gasteiger partial charge on any atom is -0.481 e. The largest absolute Gasteiger partial charge is 0.481 e. The summed E-state index contributed by atoms with van der Waals surface area (Å²) in [6.07, 6.45) is 3.07. The number of aromatic amines is 1. The Morgan fingerprint density at radius 3 is 2.77 bits per heavy atom. The van der Waals surface area contributed by atoms with E-state index in [4.69, 9.17) is 9.47 Å². The van der Waals surface area contributed by atoms with Crippen molar-refractivity contribution in [3.63, 3.8) is 0 Å². The molecule has 3 heterocycles. The molecule has 4 rings (SSSR count). The second-order valence-electron chi connectivity index (χ2n) is 6.79. The molecule has 1 N–H and O–H groups in total. The minimum absolute atomic E-state index is 0.0520. The maximum atomic E-state index is 13.0. The van der Waals surface area contributed by atoms with Crippen LogP contribution in [0.1, 0.15) is 16.7 Å². The van der Waals surface area contributed by atoms with Crippen molar-refractivity contribution in [2.24, 2.45) is 0 Å². The fraction of sp³-hybridized carbons (Fsp3) is 0.182. The Hall–Kier alpha value is -3.59. The van der Waals surface area contributed by atoms with E-state index in [1.54, 1.807) is 18.3 Å². The second kappa shape index (κ2) is 9.05. The molecule has 0 aliphatic carbocycles. The monoisotopic (exact) mass is 437 g/mol. The van der Waals surface area contributed by atoms with Crippen molar-refractivity contribution in [1.29, 1.82) is 0 Å². The van der Waals surface area contributed by atoms with Crippen molar-refractivity contribution in [2.45, 2.75) is 18.2 Å². The molecule has 0 fully saturated rings. The van der Waals surface area contributed by atoms with E-state index in [-0.39, 0.29) is 18.7 Å². The predicted molar refractivity (Wildman–Crippen MR) is 116 cm³/mol. The molecule has 2 aromatic heterocycles. The van der Waals surface area contributed by atoms with E-state index >= 15 is 0 Å². The highest BCUT2D eigenvalue weighted by Crippen LogP contribution is 2.28. The topological polar surface area (TPSA) is 103 Å². The van der Waals surface area contributed by atoms with Gasteiger partial charge in [0.05, 0.1) is 24.2 Å². The molecule has 0 bridgehead atoms. The van der Waals surface area contributed by atoms with Gasteiger partial charge in [-0.15, -0.1) is 11.8 Å². The summed E-state index contributed by atoms with van der Waals surface area (Å²) in [5.74, 6) is 0.204. The van der Waals surface area contributed by atoms with Crippen LogP contribution in [0.25, 0.3) is 6.08 Å². The number of ether oxygens (including phenoxy) is 2. The van der Waals surface area contributed by atoms with Crippen LogP contribution in [0.3, 0.4) is 0 Å². The van der Waals surface area contributed by atoms with Crippen LogP contribution >= 0.6 is 11.8 Å². The van der Waals surface area contributed by atoms with Gasteiger partial charge in [0.25, 0.3) is 5.56 Å². The van der Waals surface area contributed by atoms with Gasteiger partial charge in [-0.1, -0.05) is 30.3 Å². The zero-order chi connectivity index (χ0) is 21.8. The normalized spacial score (nSPS) is 12.6. The van der Waals surface area contributed by atoms with Crippen LogP contribution in [0.4, 0.5) is 0 Å². The number of aromatic nitrogens is 3. The Balaban J connectivity index is 1.56. The minimum atomic E-state index is -0.519. The van der Waals surface area contributed by atoms with E-state index in [1.807, 2.05) is 30.3 Å². The molecule has 0 saturated heterocycles. The summed E-state index contributed by atoms with van der Waals surface area (Å²) in [5, 5.41) is 0.453. The van der Waals surface area contributed by atoms with Crippen LogP contribution < -0.4 is 16.0 Å². The Morgan fingerprint density at radius 2 is 2.00 bits per heavy atom. The van der Waals surface area contributed by atoms with Crippen LogP contribution in [-0.4, -0.2) is 33.4 Å². The summed E-state index contributed by atoms with van der Waals surface area (Å²) in [6.45, 7) is 0.195. The highest BCUT2D eigenvalue weighted by Gasteiger charge is 2.22. The van der Waals surface area contributed by atoms with Crippen molar-refractivity contribution in [2.75, 3.05) is 12.9 Å². The number of methoxy groups -OCH3 is 1. The molecule has 158 valence electrons. The van der Waals surface area contributed by atoms with E-state index < -0.39 is 17.2 Å². The average Bonchev–Trinajstić information content (AvgIpc) is 2.81. The molecule has 1 aliphatic rings. The van der Waals surface area contributed by atoms with Gasteiger partial charge in [0.1, 0.15) is 6.61 Å². The Labute approximate surface area is 181 Å². The van der Waals surface area contributed by atoms with Gasteiger partial charge in [-0.2, -0.15) is 0 Å². The summed E-state index contributed by atoms with van der Waals surface area (Å²) >= 11 is 1.23. The van der Waals surface area contributed by atoms with Crippen molar-refractivity contribution >= 4 is 23.8 Å². The SMILES string of the molecule is COc1cc(COC(=O)C2=Cc3c([nH]c(=O)n(Cc4ccccc4)c3=O)SC2)ccn1. The van der Waals surface area contributed by atoms with Gasteiger partial charge in [-0.25, -0.2) is 14.6 Å². The molecule has 0 radical (unpaired) electrons. The quantitative estimate of drug-likeness (QED) is 0.466. The predicted octanol–water partition coefficient (Wildman–Crippen LogP) is 2.22. The Kier molecular flexibility index (Phi) is 6.03. The molecule has 0 atom stereocenters. The van der Waals surface area contributed by atoms with E-state index in [9.17, 15) is 14.4 Å². The number of pyridine rings is 1. The lowest BCUT2D eigenvalue weighted by Gasteiger charge is -2.16. The highest BCUT2D eigenvalue weighted by molar-refractivity contribution is 7.99. The first kappa shape index (κ1) is 20.7. The Bertz CT molecular complexity index is 1260. The van der Waals surface area contributed by atoms with Crippen molar-refractivity contribution in [1.82, 2.24) is 14.5 Å². The summed E-state index contributed by atoms with van der Waals surface area (Å²) in [5.41, 5.74) is 1.28. The highest BCUT2D eigenvalue weighted by atomic mass is 32.2. The number of esters is 1. The van der Waals surface area contributed by atoms with Crippen LogP contribution in [-0.2, 0) is 22.7 Å². The van der Waals surface area contributed by atoms with Crippen LogP contribution in [0, 0.1) is 0 Å². The molecular formula is C22H19N3O5S. The van der Waals surface area contributed by atoms with Crippen molar-refractivity contribution in [3.8, 4) is 5.88 Å². The van der Waals surface area contributed by atoms with Gasteiger partial charge < -0.3 is 14.5 Å². The third-order valence-electron chi connectivity index (χ3n) is 4.70.